The minimum atomic E-state index is 0.270. The molecule has 1 aliphatic rings. The second-order valence-electron chi connectivity index (χ2n) is 6.34. The molecule has 3 aromatic heterocycles. The molecule has 4 heterocycles. The maximum atomic E-state index is 5.91. The summed E-state index contributed by atoms with van der Waals surface area (Å²) in [5.41, 5.74) is 8.57. The summed E-state index contributed by atoms with van der Waals surface area (Å²) in [7, 11) is 1.94. The first-order chi connectivity index (χ1) is 12.7. The Labute approximate surface area is 151 Å². The Bertz CT molecular complexity index is 876. The van der Waals surface area contributed by atoms with Crippen LogP contribution in [-0.4, -0.2) is 40.4 Å². The molecule has 0 aliphatic carbocycles. The van der Waals surface area contributed by atoms with Crippen molar-refractivity contribution in [3.63, 3.8) is 0 Å². The monoisotopic (exact) mass is 352 g/mol. The van der Waals surface area contributed by atoms with E-state index in [-0.39, 0.29) is 11.9 Å². The predicted octanol–water partition coefficient (Wildman–Crippen LogP) is 2.25. The largest absolute Gasteiger partial charge is 0.381 e. The minimum Gasteiger partial charge on any atom is -0.381 e. The highest BCUT2D eigenvalue weighted by Crippen LogP contribution is 2.27. The van der Waals surface area contributed by atoms with Crippen molar-refractivity contribution in [2.45, 2.75) is 18.9 Å². The molecule has 0 amide bonds. The lowest BCUT2D eigenvalue weighted by molar-refractivity contribution is 0.193. The molecule has 0 radical (unpaired) electrons. The zero-order chi connectivity index (χ0) is 17.9. The molecule has 26 heavy (non-hydrogen) atoms. The van der Waals surface area contributed by atoms with Crippen molar-refractivity contribution < 1.29 is 9.26 Å². The van der Waals surface area contributed by atoms with Crippen molar-refractivity contribution in [3.05, 3.63) is 48.1 Å². The van der Waals surface area contributed by atoms with Gasteiger partial charge in [-0.05, 0) is 18.6 Å². The molecule has 1 atom stereocenters. The third-order valence-corrected chi connectivity index (χ3v) is 4.42. The number of hydrogen-bond acceptors (Lipinski definition) is 8. The lowest BCUT2D eigenvalue weighted by Crippen LogP contribution is -2.19. The van der Waals surface area contributed by atoms with Crippen LogP contribution in [0.25, 0.3) is 11.3 Å². The van der Waals surface area contributed by atoms with Crippen LogP contribution in [-0.2, 0) is 11.3 Å². The van der Waals surface area contributed by atoms with Crippen molar-refractivity contribution in [2.24, 2.45) is 0 Å². The van der Waals surface area contributed by atoms with Gasteiger partial charge in [0, 0.05) is 49.7 Å². The lowest BCUT2D eigenvalue weighted by Gasteiger charge is -2.18. The molecular weight excluding hydrogens is 332 g/mol. The Hall–Kier alpha value is -3.00. The lowest BCUT2D eigenvalue weighted by atomic mass is 10.0. The summed E-state index contributed by atoms with van der Waals surface area (Å²) >= 11 is 0. The van der Waals surface area contributed by atoms with Crippen LogP contribution in [0, 0.1) is 0 Å². The Morgan fingerprint density at radius 3 is 2.85 bits per heavy atom. The molecule has 1 saturated heterocycles. The van der Waals surface area contributed by atoms with Crippen molar-refractivity contribution in [1.29, 1.82) is 0 Å². The van der Waals surface area contributed by atoms with Crippen LogP contribution in [0.1, 0.15) is 23.8 Å². The van der Waals surface area contributed by atoms with Gasteiger partial charge in [-0.25, -0.2) is 4.98 Å². The average Bonchev–Trinajstić information content (AvgIpc) is 3.34. The summed E-state index contributed by atoms with van der Waals surface area (Å²) in [6.45, 7) is 1.96. The first kappa shape index (κ1) is 16.5. The van der Waals surface area contributed by atoms with Crippen LogP contribution >= 0.6 is 0 Å². The molecule has 0 spiro atoms. The first-order valence-electron chi connectivity index (χ1n) is 8.48. The molecular formula is C18H20N6O2. The molecule has 3 aromatic rings. The number of aromatic nitrogens is 4. The van der Waals surface area contributed by atoms with E-state index in [4.69, 9.17) is 15.0 Å². The number of nitrogens with zero attached hydrogens (tertiary/aromatic N) is 5. The van der Waals surface area contributed by atoms with E-state index in [0.29, 0.717) is 13.2 Å². The smallest absolute Gasteiger partial charge is 0.222 e. The Morgan fingerprint density at radius 2 is 2.08 bits per heavy atom. The van der Waals surface area contributed by atoms with Gasteiger partial charge in [0.2, 0.25) is 5.95 Å². The molecule has 4 rings (SSSR count). The average molecular weight is 352 g/mol. The van der Waals surface area contributed by atoms with Crippen molar-refractivity contribution in [1.82, 2.24) is 20.1 Å². The van der Waals surface area contributed by atoms with Crippen LogP contribution in [0.2, 0.25) is 0 Å². The van der Waals surface area contributed by atoms with Gasteiger partial charge in [-0.1, -0.05) is 5.16 Å². The zero-order valence-corrected chi connectivity index (χ0v) is 14.5. The zero-order valence-electron chi connectivity index (χ0n) is 14.5. The summed E-state index contributed by atoms with van der Waals surface area (Å²) in [5, 5.41) is 4.13. The van der Waals surface area contributed by atoms with Crippen LogP contribution in [0.5, 0.6) is 0 Å². The van der Waals surface area contributed by atoms with E-state index in [1.807, 2.05) is 36.2 Å². The van der Waals surface area contributed by atoms with E-state index >= 15 is 0 Å². The molecule has 8 heteroatoms. The third-order valence-electron chi connectivity index (χ3n) is 4.42. The maximum Gasteiger partial charge on any atom is 0.222 e. The van der Waals surface area contributed by atoms with Crippen LogP contribution < -0.4 is 10.6 Å². The van der Waals surface area contributed by atoms with Crippen molar-refractivity contribution in [3.8, 4) is 11.3 Å². The summed E-state index contributed by atoms with van der Waals surface area (Å²) in [5.74, 6) is 2.03. The van der Waals surface area contributed by atoms with Gasteiger partial charge in [0.15, 0.2) is 5.76 Å². The molecule has 8 nitrogen and oxygen atoms in total. The van der Waals surface area contributed by atoms with Crippen molar-refractivity contribution >= 4 is 11.8 Å². The Morgan fingerprint density at radius 1 is 1.23 bits per heavy atom. The number of rotatable bonds is 5. The topological polar surface area (TPSA) is 103 Å². The molecule has 134 valence electrons. The fourth-order valence-corrected chi connectivity index (χ4v) is 3.00. The number of hydrogen-bond donors (Lipinski definition) is 1. The second-order valence-corrected chi connectivity index (χ2v) is 6.34. The number of anilines is 2. The molecule has 1 fully saturated rings. The highest BCUT2D eigenvalue weighted by Gasteiger charge is 2.21. The van der Waals surface area contributed by atoms with Crippen LogP contribution in [0.15, 0.2) is 41.2 Å². The van der Waals surface area contributed by atoms with Gasteiger partial charge in [-0.3, -0.25) is 4.98 Å². The van der Waals surface area contributed by atoms with Gasteiger partial charge >= 0.3 is 0 Å². The second kappa shape index (κ2) is 7.09. The molecule has 2 N–H and O–H groups in total. The highest BCUT2D eigenvalue weighted by atomic mass is 16.5. The standard InChI is InChI=1S/C18H20N6O2/c1-24(10-14-8-16(23-26-14)12-2-5-20-6-3-12)17-9-15(21-18(19)22-17)13-4-7-25-11-13/h2-3,5-6,8-9,13H,4,7,10-11H2,1H3,(H2,19,21,22)/t13-/m1/s1. The fraction of sp³-hybridized carbons (Fsp3) is 0.333. The van der Waals surface area contributed by atoms with Gasteiger partial charge < -0.3 is 19.9 Å². The van der Waals surface area contributed by atoms with Gasteiger partial charge in [0.05, 0.1) is 18.8 Å². The molecule has 0 saturated carbocycles. The predicted molar refractivity (Wildman–Crippen MR) is 96.5 cm³/mol. The van der Waals surface area contributed by atoms with E-state index < -0.39 is 0 Å². The normalized spacial score (nSPS) is 16.7. The fourth-order valence-electron chi connectivity index (χ4n) is 3.00. The number of pyridine rings is 1. The van der Waals surface area contributed by atoms with E-state index in [1.54, 1.807) is 12.4 Å². The summed E-state index contributed by atoms with van der Waals surface area (Å²) in [6, 6.07) is 7.68. The van der Waals surface area contributed by atoms with Crippen LogP contribution in [0.3, 0.4) is 0 Å². The van der Waals surface area contributed by atoms with E-state index in [1.165, 1.54) is 0 Å². The van der Waals surface area contributed by atoms with E-state index in [0.717, 1.165) is 41.6 Å². The minimum absolute atomic E-state index is 0.270. The summed E-state index contributed by atoms with van der Waals surface area (Å²) < 4.78 is 10.9. The molecule has 0 bridgehead atoms. The maximum absolute atomic E-state index is 5.91. The number of ether oxygens (including phenoxy) is 1. The van der Waals surface area contributed by atoms with Crippen molar-refractivity contribution in [2.75, 3.05) is 30.9 Å². The Kier molecular flexibility index (Phi) is 4.49. The number of nitrogen functional groups attached to an aromatic ring is 1. The van der Waals surface area contributed by atoms with E-state index in [9.17, 15) is 0 Å². The van der Waals surface area contributed by atoms with Gasteiger partial charge in [-0.15, -0.1) is 0 Å². The first-order valence-corrected chi connectivity index (χ1v) is 8.48. The Balaban J connectivity index is 1.51. The molecule has 0 aromatic carbocycles. The highest BCUT2D eigenvalue weighted by molar-refractivity contribution is 5.58. The van der Waals surface area contributed by atoms with E-state index in [2.05, 4.69) is 20.1 Å². The molecule has 1 aliphatic heterocycles. The van der Waals surface area contributed by atoms with Gasteiger partial charge in [0.25, 0.3) is 0 Å². The van der Waals surface area contributed by atoms with Gasteiger partial charge in [0.1, 0.15) is 11.5 Å². The number of nitrogens with two attached hydrogens (primary N) is 1. The summed E-state index contributed by atoms with van der Waals surface area (Å²) in [6.07, 6.45) is 4.42. The SMILES string of the molecule is CN(Cc1cc(-c2ccncc2)no1)c1cc([C@@H]2CCOC2)nc(N)n1. The molecule has 0 unspecified atom stereocenters. The van der Waals surface area contributed by atoms with Crippen LogP contribution in [0.4, 0.5) is 11.8 Å². The van der Waals surface area contributed by atoms with Gasteiger partial charge in [-0.2, -0.15) is 4.98 Å². The summed E-state index contributed by atoms with van der Waals surface area (Å²) in [4.78, 5) is 14.7. The third kappa shape index (κ3) is 3.50. The quantitative estimate of drug-likeness (QED) is 0.746.